The Morgan fingerprint density at radius 3 is 2.62 bits per heavy atom. The number of carbonyl (C=O) groups excluding carboxylic acids is 2. The summed E-state index contributed by atoms with van der Waals surface area (Å²) in [5.41, 5.74) is 3.32. The van der Waals surface area contributed by atoms with Crippen molar-refractivity contribution in [1.82, 2.24) is 19.4 Å². The van der Waals surface area contributed by atoms with E-state index in [1.165, 1.54) is 0 Å². The fourth-order valence-corrected chi connectivity index (χ4v) is 5.53. The lowest BCUT2D eigenvalue weighted by Crippen LogP contribution is -2.52. The summed E-state index contributed by atoms with van der Waals surface area (Å²) in [6.45, 7) is 10.2. The fraction of sp³-hybridized carbons (Fsp3) is 0.483. The summed E-state index contributed by atoms with van der Waals surface area (Å²) in [5.74, 6) is 0.714. The number of amides is 2. The molecule has 39 heavy (non-hydrogen) atoms. The minimum Gasteiger partial charge on any atom is -0.380 e. The quantitative estimate of drug-likeness (QED) is 0.460. The summed E-state index contributed by atoms with van der Waals surface area (Å²) in [6, 6.07) is 7.59. The van der Waals surface area contributed by atoms with E-state index in [-0.39, 0.29) is 30.0 Å². The normalized spacial score (nSPS) is 17.7. The Labute approximate surface area is 228 Å². The zero-order chi connectivity index (χ0) is 28.1. The number of pyridine rings is 1. The zero-order valence-electron chi connectivity index (χ0n) is 23.5. The van der Waals surface area contributed by atoms with Crippen molar-refractivity contribution >= 4 is 34.1 Å². The number of carbonyl (C=O) groups is 2. The van der Waals surface area contributed by atoms with Gasteiger partial charge in [0.05, 0.1) is 40.3 Å². The predicted octanol–water partition coefficient (Wildman–Crippen LogP) is 2.28. The fourth-order valence-electron chi connectivity index (χ4n) is 5.53. The molecular weight excluding hydrogens is 496 g/mol. The van der Waals surface area contributed by atoms with Gasteiger partial charge in [0.15, 0.2) is 0 Å². The first-order valence-electron chi connectivity index (χ1n) is 13.4. The van der Waals surface area contributed by atoms with Crippen molar-refractivity contribution in [2.45, 2.75) is 52.2 Å². The molecule has 0 saturated carbocycles. The molecule has 1 aromatic carbocycles. The predicted molar refractivity (Wildman–Crippen MR) is 150 cm³/mol. The molecule has 2 amide bonds. The standard InChI is InChI=1S/C29H36N6O4/c1-18(39-6)16-34-12-11-33(17-25(34)36)21-7-8-22-23(14-21)31-19(2)35(27(22)37)10-9-20-13-24-26(30-15-20)29(3,4)28(38)32(24)5/h7-8,13-15,18H,9-12,16-17H2,1-6H3/t18-/m1/s1. The van der Waals surface area contributed by atoms with E-state index in [0.717, 1.165) is 22.6 Å². The highest BCUT2D eigenvalue weighted by Gasteiger charge is 2.43. The Balaban J connectivity index is 1.33. The van der Waals surface area contributed by atoms with E-state index < -0.39 is 5.41 Å². The molecule has 0 bridgehead atoms. The van der Waals surface area contributed by atoms with Gasteiger partial charge >= 0.3 is 0 Å². The summed E-state index contributed by atoms with van der Waals surface area (Å²) in [4.78, 5) is 53.6. The Morgan fingerprint density at radius 2 is 1.90 bits per heavy atom. The molecule has 1 saturated heterocycles. The monoisotopic (exact) mass is 532 g/mol. The van der Waals surface area contributed by atoms with Gasteiger partial charge in [-0.1, -0.05) is 0 Å². The van der Waals surface area contributed by atoms with Crippen molar-refractivity contribution in [3.8, 4) is 0 Å². The number of fused-ring (bicyclic) bond motifs is 2. The van der Waals surface area contributed by atoms with Gasteiger partial charge in [0.2, 0.25) is 11.8 Å². The molecule has 2 aliphatic rings. The highest BCUT2D eigenvalue weighted by Crippen LogP contribution is 2.39. The van der Waals surface area contributed by atoms with Crippen LogP contribution in [0.5, 0.6) is 0 Å². The average molecular weight is 533 g/mol. The third kappa shape index (κ3) is 4.78. The first kappa shape index (κ1) is 26.8. The van der Waals surface area contributed by atoms with Crippen molar-refractivity contribution in [2.24, 2.45) is 0 Å². The first-order chi connectivity index (χ1) is 18.5. The molecule has 0 aliphatic carbocycles. The maximum Gasteiger partial charge on any atom is 0.261 e. The van der Waals surface area contributed by atoms with Gasteiger partial charge in [0.1, 0.15) is 5.82 Å². The molecule has 0 N–H and O–H groups in total. The van der Waals surface area contributed by atoms with Gasteiger partial charge in [-0.3, -0.25) is 23.9 Å². The molecule has 2 aliphatic heterocycles. The van der Waals surface area contributed by atoms with E-state index >= 15 is 0 Å². The molecule has 5 rings (SSSR count). The number of rotatable bonds is 7. The smallest absolute Gasteiger partial charge is 0.261 e. The molecule has 206 valence electrons. The second-order valence-corrected chi connectivity index (χ2v) is 11.1. The molecular formula is C29H36N6O4. The summed E-state index contributed by atoms with van der Waals surface area (Å²) in [6.07, 6.45) is 2.38. The number of methoxy groups -OCH3 is 1. The van der Waals surface area contributed by atoms with Gasteiger partial charge in [0.25, 0.3) is 5.56 Å². The number of anilines is 2. The number of ether oxygens (including phenoxy) is 1. The lowest BCUT2D eigenvalue weighted by molar-refractivity contribution is -0.132. The number of likely N-dealkylation sites (N-methyl/N-ethyl adjacent to an activating group) is 1. The maximum atomic E-state index is 13.4. The third-order valence-electron chi connectivity index (χ3n) is 8.03. The summed E-state index contributed by atoms with van der Waals surface area (Å²) >= 11 is 0. The van der Waals surface area contributed by atoms with Crippen LogP contribution in [0.25, 0.3) is 10.9 Å². The van der Waals surface area contributed by atoms with Crippen LogP contribution in [0.2, 0.25) is 0 Å². The van der Waals surface area contributed by atoms with Crippen LogP contribution in [0, 0.1) is 6.92 Å². The van der Waals surface area contributed by atoms with Crippen molar-refractivity contribution in [3.05, 3.63) is 57.9 Å². The summed E-state index contributed by atoms with van der Waals surface area (Å²) < 4.78 is 6.99. The van der Waals surface area contributed by atoms with E-state index in [4.69, 9.17) is 9.72 Å². The molecule has 0 radical (unpaired) electrons. The zero-order valence-corrected chi connectivity index (χ0v) is 23.5. The van der Waals surface area contributed by atoms with E-state index in [9.17, 15) is 14.4 Å². The molecule has 2 aromatic heterocycles. The van der Waals surface area contributed by atoms with Crippen LogP contribution in [-0.4, -0.2) is 77.7 Å². The van der Waals surface area contributed by atoms with E-state index in [1.807, 2.05) is 55.7 Å². The number of piperazine rings is 1. The van der Waals surface area contributed by atoms with E-state index in [1.54, 1.807) is 35.9 Å². The van der Waals surface area contributed by atoms with Crippen LogP contribution < -0.4 is 15.4 Å². The molecule has 0 unspecified atom stereocenters. The van der Waals surface area contributed by atoms with Crippen LogP contribution in [0.15, 0.2) is 35.3 Å². The SMILES string of the molecule is CO[C@H](C)CN1CCN(c2ccc3c(=O)n(CCc4cnc5c(c4)N(C)C(=O)C5(C)C)c(C)nc3c2)CC1=O. The van der Waals surface area contributed by atoms with Crippen molar-refractivity contribution < 1.29 is 14.3 Å². The van der Waals surface area contributed by atoms with Gasteiger partial charge < -0.3 is 19.4 Å². The Hall–Kier alpha value is -3.79. The second kappa shape index (κ2) is 10.1. The van der Waals surface area contributed by atoms with Gasteiger partial charge in [-0.05, 0) is 63.9 Å². The van der Waals surface area contributed by atoms with Crippen LogP contribution >= 0.6 is 0 Å². The van der Waals surface area contributed by atoms with Crippen LogP contribution in [0.4, 0.5) is 11.4 Å². The molecule has 4 heterocycles. The van der Waals surface area contributed by atoms with Gasteiger partial charge in [0, 0.05) is 52.2 Å². The third-order valence-corrected chi connectivity index (χ3v) is 8.03. The van der Waals surface area contributed by atoms with Crippen LogP contribution in [-0.2, 0) is 32.7 Å². The van der Waals surface area contributed by atoms with Gasteiger partial charge in [-0.25, -0.2) is 4.98 Å². The minimum atomic E-state index is -0.638. The number of aromatic nitrogens is 3. The highest BCUT2D eigenvalue weighted by molar-refractivity contribution is 6.06. The van der Waals surface area contributed by atoms with Crippen LogP contribution in [0.3, 0.4) is 0 Å². The lowest BCUT2D eigenvalue weighted by Gasteiger charge is -2.36. The molecule has 10 heteroatoms. The molecule has 10 nitrogen and oxygen atoms in total. The lowest BCUT2D eigenvalue weighted by atomic mass is 9.90. The largest absolute Gasteiger partial charge is 0.380 e. The van der Waals surface area contributed by atoms with Gasteiger partial charge in [-0.15, -0.1) is 0 Å². The van der Waals surface area contributed by atoms with Crippen molar-refractivity contribution in [2.75, 3.05) is 50.1 Å². The topological polar surface area (TPSA) is 101 Å². The number of hydrogen-bond acceptors (Lipinski definition) is 7. The number of benzene rings is 1. The molecule has 3 aromatic rings. The maximum absolute atomic E-state index is 13.4. The van der Waals surface area contributed by atoms with Crippen LogP contribution in [0.1, 0.15) is 37.9 Å². The Bertz CT molecular complexity index is 1510. The number of hydrogen-bond donors (Lipinski definition) is 0. The molecule has 1 atom stereocenters. The Kier molecular flexibility index (Phi) is 6.92. The first-order valence-corrected chi connectivity index (χ1v) is 13.4. The summed E-state index contributed by atoms with van der Waals surface area (Å²) in [5, 5.41) is 0.544. The summed E-state index contributed by atoms with van der Waals surface area (Å²) in [7, 11) is 3.42. The van der Waals surface area contributed by atoms with Crippen molar-refractivity contribution in [3.63, 3.8) is 0 Å². The van der Waals surface area contributed by atoms with E-state index in [0.29, 0.717) is 49.3 Å². The minimum absolute atomic E-state index is 0.00726. The molecule has 1 fully saturated rings. The molecule has 0 spiro atoms. The number of nitrogens with zero attached hydrogens (tertiary/aromatic N) is 6. The highest BCUT2D eigenvalue weighted by atomic mass is 16.5. The average Bonchev–Trinajstić information content (AvgIpc) is 3.08. The van der Waals surface area contributed by atoms with Crippen molar-refractivity contribution in [1.29, 1.82) is 0 Å². The number of aryl methyl sites for hydroxylation is 2. The Morgan fingerprint density at radius 1 is 1.13 bits per heavy atom. The second-order valence-electron chi connectivity index (χ2n) is 11.1. The van der Waals surface area contributed by atoms with Gasteiger partial charge in [-0.2, -0.15) is 0 Å². The van der Waals surface area contributed by atoms with E-state index in [2.05, 4.69) is 4.98 Å².